The van der Waals surface area contributed by atoms with Crippen LogP contribution in [0.2, 0.25) is 0 Å². The first-order valence-corrected chi connectivity index (χ1v) is 4.01. The molecule has 2 atom stereocenters. The molecule has 0 rings (SSSR count). The fourth-order valence-electron chi connectivity index (χ4n) is 0.800. The number of allylic oxidation sites excluding steroid dienone is 1. The molecule has 11 heavy (non-hydrogen) atoms. The zero-order chi connectivity index (χ0) is 8.85. The lowest BCUT2D eigenvalue weighted by Crippen LogP contribution is -2.20. The van der Waals surface area contributed by atoms with Gasteiger partial charge in [-0.3, -0.25) is 0 Å². The first-order valence-electron chi connectivity index (χ1n) is 4.01. The summed E-state index contributed by atoms with van der Waals surface area (Å²) in [5.41, 5.74) is 1.08. The van der Waals surface area contributed by atoms with Gasteiger partial charge in [-0.1, -0.05) is 12.5 Å². The second-order valence-electron chi connectivity index (χ2n) is 3.22. The summed E-state index contributed by atoms with van der Waals surface area (Å²) in [6.07, 6.45) is 1.15. The molecule has 2 heteroatoms. The van der Waals surface area contributed by atoms with Crippen LogP contribution in [0.3, 0.4) is 0 Å². The second kappa shape index (κ2) is 5.33. The Morgan fingerprint density at radius 3 is 2.45 bits per heavy atom. The average Bonchev–Trinajstić information content (AvgIpc) is 1.98. The van der Waals surface area contributed by atoms with Crippen molar-refractivity contribution in [1.82, 2.24) is 0 Å². The first kappa shape index (κ1) is 10.7. The van der Waals surface area contributed by atoms with Crippen molar-refractivity contribution < 1.29 is 10.2 Å². The zero-order valence-corrected chi connectivity index (χ0v) is 7.38. The van der Waals surface area contributed by atoms with Crippen molar-refractivity contribution in [2.75, 3.05) is 6.61 Å². The third kappa shape index (κ3) is 4.99. The predicted octanol–water partition coefficient (Wildman–Crippen LogP) is 1.33. The molecule has 0 bridgehead atoms. The Balaban J connectivity index is 3.51. The van der Waals surface area contributed by atoms with Crippen molar-refractivity contribution in [3.63, 3.8) is 0 Å². The lowest BCUT2D eigenvalue weighted by atomic mass is 10.00. The lowest BCUT2D eigenvalue weighted by molar-refractivity contribution is 0.0709. The molecule has 0 aromatic rings. The Bertz CT molecular complexity index is 121. The van der Waals surface area contributed by atoms with Crippen LogP contribution >= 0.6 is 0 Å². The van der Waals surface area contributed by atoms with E-state index in [0.29, 0.717) is 6.42 Å². The van der Waals surface area contributed by atoms with Gasteiger partial charge in [0.25, 0.3) is 0 Å². The molecule has 66 valence electrons. The highest BCUT2D eigenvalue weighted by Crippen LogP contribution is 2.11. The van der Waals surface area contributed by atoms with Crippen molar-refractivity contribution in [2.45, 2.75) is 32.8 Å². The molecule has 0 aromatic carbocycles. The summed E-state index contributed by atoms with van der Waals surface area (Å²) in [7, 11) is 0. The van der Waals surface area contributed by atoms with Gasteiger partial charge in [0, 0.05) is 12.5 Å². The summed E-state index contributed by atoms with van der Waals surface area (Å²) < 4.78 is 0. The third-order valence-electron chi connectivity index (χ3n) is 1.81. The molecule has 0 aromatic heterocycles. The maximum absolute atomic E-state index is 9.37. The summed E-state index contributed by atoms with van der Waals surface area (Å²) in [6, 6.07) is 0. The van der Waals surface area contributed by atoms with Crippen LogP contribution < -0.4 is 0 Å². The maximum Gasteiger partial charge on any atom is 0.0590 e. The van der Waals surface area contributed by atoms with Crippen molar-refractivity contribution in [1.29, 1.82) is 0 Å². The van der Waals surface area contributed by atoms with E-state index >= 15 is 0 Å². The van der Waals surface area contributed by atoms with Crippen LogP contribution in [0.25, 0.3) is 0 Å². The first-order chi connectivity index (χ1) is 5.07. The van der Waals surface area contributed by atoms with Gasteiger partial charge in [-0.05, 0) is 19.8 Å². The second-order valence-corrected chi connectivity index (χ2v) is 3.22. The predicted molar refractivity (Wildman–Crippen MR) is 46.3 cm³/mol. The number of aliphatic hydroxyl groups excluding tert-OH is 2. The van der Waals surface area contributed by atoms with Crippen LogP contribution in [0.4, 0.5) is 0 Å². The topological polar surface area (TPSA) is 40.5 Å². The highest BCUT2D eigenvalue weighted by Gasteiger charge is 2.11. The summed E-state index contributed by atoms with van der Waals surface area (Å²) in [4.78, 5) is 0. The minimum absolute atomic E-state index is 0.0191. The number of rotatable bonds is 5. The zero-order valence-electron chi connectivity index (χ0n) is 7.38. The fraction of sp³-hybridized carbons (Fsp3) is 0.778. The van der Waals surface area contributed by atoms with Gasteiger partial charge in [0.2, 0.25) is 0 Å². The van der Waals surface area contributed by atoms with E-state index in [0.717, 1.165) is 12.0 Å². The van der Waals surface area contributed by atoms with E-state index in [9.17, 15) is 5.11 Å². The highest BCUT2D eigenvalue weighted by molar-refractivity contribution is 4.88. The molecule has 2 N–H and O–H groups in total. The third-order valence-corrected chi connectivity index (χ3v) is 1.81. The van der Waals surface area contributed by atoms with Crippen molar-refractivity contribution in [3.8, 4) is 0 Å². The SMILES string of the molecule is C=C(C)CC[C@H](O)[C@H](C)CO. The molecule has 0 saturated heterocycles. The highest BCUT2D eigenvalue weighted by atomic mass is 16.3. The largest absolute Gasteiger partial charge is 0.396 e. The van der Waals surface area contributed by atoms with Gasteiger partial charge >= 0.3 is 0 Å². The molecule has 0 radical (unpaired) electrons. The quantitative estimate of drug-likeness (QED) is 0.593. The fourth-order valence-corrected chi connectivity index (χ4v) is 0.800. The van der Waals surface area contributed by atoms with E-state index in [4.69, 9.17) is 5.11 Å². The van der Waals surface area contributed by atoms with E-state index in [-0.39, 0.29) is 12.5 Å². The molecule has 0 unspecified atom stereocenters. The Morgan fingerprint density at radius 1 is 1.55 bits per heavy atom. The molecule has 0 fully saturated rings. The molecule has 2 nitrogen and oxygen atoms in total. The minimum atomic E-state index is -0.392. The lowest BCUT2D eigenvalue weighted by Gasteiger charge is -2.15. The smallest absolute Gasteiger partial charge is 0.0590 e. The summed E-state index contributed by atoms with van der Waals surface area (Å²) in [5, 5.41) is 18.1. The average molecular weight is 158 g/mol. The standard InChI is InChI=1S/C9H18O2/c1-7(2)4-5-9(11)8(3)6-10/h8-11H,1,4-6H2,2-3H3/t8-,9+/m1/s1. The Labute approximate surface area is 68.6 Å². The Hall–Kier alpha value is -0.340. The summed E-state index contributed by atoms with van der Waals surface area (Å²) in [6.45, 7) is 7.57. The van der Waals surface area contributed by atoms with E-state index in [2.05, 4.69) is 6.58 Å². The van der Waals surface area contributed by atoms with Gasteiger partial charge in [-0.15, -0.1) is 6.58 Å². The van der Waals surface area contributed by atoms with Crippen LogP contribution in [0.1, 0.15) is 26.7 Å². The van der Waals surface area contributed by atoms with Gasteiger partial charge in [0.15, 0.2) is 0 Å². The van der Waals surface area contributed by atoms with Gasteiger partial charge in [0.05, 0.1) is 6.10 Å². The summed E-state index contributed by atoms with van der Waals surface area (Å²) >= 11 is 0. The van der Waals surface area contributed by atoms with E-state index in [1.54, 1.807) is 0 Å². The summed E-state index contributed by atoms with van der Waals surface area (Å²) in [5.74, 6) is -0.0191. The van der Waals surface area contributed by atoms with Gasteiger partial charge in [0.1, 0.15) is 0 Å². The van der Waals surface area contributed by atoms with Gasteiger partial charge < -0.3 is 10.2 Å². The molecule has 0 heterocycles. The van der Waals surface area contributed by atoms with Crippen LogP contribution in [-0.4, -0.2) is 22.9 Å². The number of aliphatic hydroxyl groups is 2. The van der Waals surface area contributed by atoms with Crippen molar-refractivity contribution >= 4 is 0 Å². The van der Waals surface area contributed by atoms with E-state index in [1.807, 2.05) is 13.8 Å². The minimum Gasteiger partial charge on any atom is -0.396 e. The Morgan fingerprint density at radius 2 is 2.09 bits per heavy atom. The van der Waals surface area contributed by atoms with E-state index in [1.165, 1.54) is 0 Å². The molecular formula is C9H18O2. The van der Waals surface area contributed by atoms with Gasteiger partial charge in [-0.2, -0.15) is 0 Å². The van der Waals surface area contributed by atoms with E-state index < -0.39 is 6.10 Å². The molecule has 0 saturated carbocycles. The number of hydrogen-bond acceptors (Lipinski definition) is 2. The van der Waals surface area contributed by atoms with Crippen LogP contribution in [0.5, 0.6) is 0 Å². The molecule has 0 aliphatic heterocycles. The van der Waals surface area contributed by atoms with Crippen LogP contribution in [0.15, 0.2) is 12.2 Å². The number of hydrogen-bond donors (Lipinski definition) is 2. The Kier molecular flexibility index (Phi) is 5.16. The van der Waals surface area contributed by atoms with Crippen LogP contribution in [-0.2, 0) is 0 Å². The van der Waals surface area contributed by atoms with Crippen molar-refractivity contribution in [3.05, 3.63) is 12.2 Å². The monoisotopic (exact) mass is 158 g/mol. The molecule has 0 aliphatic carbocycles. The molecule has 0 spiro atoms. The van der Waals surface area contributed by atoms with Crippen molar-refractivity contribution in [2.24, 2.45) is 5.92 Å². The van der Waals surface area contributed by atoms with Gasteiger partial charge in [-0.25, -0.2) is 0 Å². The van der Waals surface area contributed by atoms with Crippen LogP contribution in [0, 0.1) is 5.92 Å². The maximum atomic E-state index is 9.37. The molecule has 0 amide bonds. The normalized spacial score (nSPS) is 16.0. The molecular weight excluding hydrogens is 140 g/mol. The molecule has 0 aliphatic rings.